The first-order valence-corrected chi connectivity index (χ1v) is 10.7. The molecule has 7 heteroatoms. The van der Waals surface area contributed by atoms with Gasteiger partial charge in [-0.25, -0.2) is 4.39 Å². The fraction of sp³-hybridized carbons (Fsp3) is 0.682. The van der Waals surface area contributed by atoms with Crippen molar-refractivity contribution in [3.8, 4) is 5.75 Å². The quantitative estimate of drug-likeness (QED) is 0.308. The number of ether oxygens (including phenoxy) is 1. The molecule has 2 fully saturated rings. The number of guanidine groups is 1. The summed E-state index contributed by atoms with van der Waals surface area (Å²) in [6.07, 6.45) is 4.87. The molecule has 2 unspecified atom stereocenters. The van der Waals surface area contributed by atoms with Crippen LogP contribution in [0.15, 0.2) is 23.2 Å². The van der Waals surface area contributed by atoms with Crippen LogP contribution in [0.3, 0.4) is 0 Å². The van der Waals surface area contributed by atoms with Crippen LogP contribution < -0.4 is 15.4 Å². The zero-order chi connectivity index (χ0) is 19.9. The lowest BCUT2D eigenvalue weighted by molar-refractivity contribution is 0.214. The zero-order valence-electron chi connectivity index (χ0n) is 17.9. The van der Waals surface area contributed by atoms with Gasteiger partial charge in [-0.1, -0.05) is 6.07 Å². The Morgan fingerprint density at radius 1 is 1.31 bits per heavy atom. The summed E-state index contributed by atoms with van der Waals surface area (Å²) in [4.78, 5) is 7.16. The average Bonchev–Trinajstić information content (AvgIpc) is 3.50. The molecule has 164 valence electrons. The summed E-state index contributed by atoms with van der Waals surface area (Å²) in [7, 11) is 2.17. The number of nitrogens with zero attached hydrogens (tertiary/aromatic N) is 2. The number of aliphatic imine (C=N–C) groups is 1. The van der Waals surface area contributed by atoms with Gasteiger partial charge in [-0.15, -0.1) is 24.0 Å². The van der Waals surface area contributed by atoms with Crippen LogP contribution in [-0.2, 0) is 0 Å². The molecule has 1 heterocycles. The van der Waals surface area contributed by atoms with Gasteiger partial charge < -0.3 is 20.3 Å². The Hall–Kier alpha value is -1.09. The second kappa shape index (κ2) is 11.9. The summed E-state index contributed by atoms with van der Waals surface area (Å²) in [5.74, 6) is 2.06. The fourth-order valence-electron chi connectivity index (χ4n) is 3.65. The Morgan fingerprint density at radius 3 is 2.76 bits per heavy atom. The lowest BCUT2D eigenvalue weighted by Gasteiger charge is -2.29. The molecule has 1 aromatic rings. The molecule has 1 saturated heterocycles. The first kappa shape index (κ1) is 24.2. The van der Waals surface area contributed by atoms with Crippen LogP contribution in [-0.4, -0.2) is 50.7 Å². The summed E-state index contributed by atoms with van der Waals surface area (Å²) in [5, 5.41) is 6.72. The standard InChI is InChI=1S/C22H35FN4O.HI/c1-4-24-22(25-13-18-6-5-11-27(3)14-18)26-16(2)19-9-10-21(20(23)12-19)28-15-17-7-8-17;/h9-10,12,16-18H,4-8,11,13-15H2,1-3H3,(H2,24,25,26);1H. The van der Waals surface area contributed by atoms with E-state index in [-0.39, 0.29) is 35.8 Å². The zero-order valence-corrected chi connectivity index (χ0v) is 20.2. The summed E-state index contributed by atoms with van der Waals surface area (Å²) in [6.45, 7) is 8.61. The van der Waals surface area contributed by atoms with Crippen molar-refractivity contribution in [2.45, 2.75) is 45.6 Å². The Morgan fingerprint density at radius 2 is 2.10 bits per heavy atom. The van der Waals surface area contributed by atoms with Crippen LogP contribution in [0.4, 0.5) is 4.39 Å². The summed E-state index contributed by atoms with van der Waals surface area (Å²) >= 11 is 0. The molecule has 1 aliphatic carbocycles. The lowest BCUT2D eigenvalue weighted by atomic mass is 9.99. The van der Waals surface area contributed by atoms with E-state index in [0.29, 0.717) is 24.2 Å². The van der Waals surface area contributed by atoms with Gasteiger partial charge in [-0.2, -0.15) is 0 Å². The van der Waals surface area contributed by atoms with Crippen LogP contribution in [0, 0.1) is 17.7 Å². The van der Waals surface area contributed by atoms with E-state index >= 15 is 0 Å². The molecule has 5 nitrogen and oxygen atoms in total. The molecule has 2 N–H and O–H groups in total. The van der Waals surface area contributed by atoms with Crippen LogP contribution in [0.25, 0.3) is 0 Å². The van der Waals surface area contributed by atoms with E-state index in [1.54, 1.807) is 12.1 Å². The van der Waals surface area contributed by atoms with Crippen molar-refractivity contribution in [3.63, 3.8) is 0 Å². The maximum Gasteiger partial charge on any atom is 0.191 e. The van der Waals surface area contributed by atoms with Gasteiger partial charge in [0, 0.05) is 19.6 Å². The highest BCUT2D eigenvalue weighted by atomic mass is 127. The molecule has 1 aliphatic heterocycles. The molecule has 1 aromatic carbocycles. The van der Waals surface area contributed by atoms with Crippen LogP contribution in [0.2, 0.25) is 0 Å². The average molecular weight is 518 g/mol. The van der Waals surface area contributed by atoms with E-state index in [0.717, 1.165) is 31.2 Å². The molecule has 0 aromatic heterocycles. The van der Waals surface area contributed by atoms with E-state index in [9.17, 15) is 4.39 Å². The molecule has 2 atom stereocenters. The number of nitrogens with one attached hydrogen (secondary N) is 2. The predicted octanol–water partition coefficient (Wildman–Crippen LogP) is 4.19. The van der Waals surface area contributed by atoms with Gasteiger partial charge in [0.25, 0.3) is 0 Å². The van der Waals surface area contributed by atoms with E-state index in [2.05, 4.69) is 29.5 Å². The molecule has 0 radical (unpaired) electrons. The Balaban J connectivity index is 0.00000300. The van der Waals surface area contributed by atoms with Gasteiger partial charge in [-0.3, -0.25) is 4.99 Å². The summed E-state index contributed by atoms with van der Waals surface area (Å²) < 4.78 is 20.0. The monoisotopic (exact) mass is 518 g/mol. The van der Waals surface area contributed by atoms with Gasteiger partial charge >= 0.3 is 0 Å². The van der Waals surface area contributed by atoms with Crippen molar-refractivity contribution in [2.24, 2.45) is 16.8 Å². The summed E-state index contributed by atoms with van der Waals surface area (Å²) in [6, 6.07) is 5.20. The number of likely N-dealkylation sites (tertiary alicyclic amines) is 1. The topological polar surface area (TPSA) is 48.9 Å². The largest absolute Gasteiger partial charge is 0.490 e. The van der Waals surface area contributed by atoms with E-state index < -0.39 is 0 Å². The minimum absolute atomic E-state index is 0. The molecule has 29 heavy (non-hydrogen) atoms. The maximum atomic E-state index is 14.4. The summed E-state index contributed by atoms with van der Waals surface area (Å²) in [5.41, 5.74) is 0.888. The highest BCUT2D eigenvalue weighted by molar-refractivity contribution is 14.0. The van der Waals surface area contributed by atoms with Crippen molar-refractivity contribution >= 4 is 29.9 Å². The van der Waals surface area contributed by atoms with Crippen molar-refractivity contribution in [1.82, 2.24) is 15.5 Å². The molecule has 0 spiro atoms. The smallest absolute Gasteiger partial charge is 0.191 e. The third-order valence-electron chi connectivity index (χ3n) is 5.55. The molecular weight excluding hydrogens is 482 g/mol. The van der Waals surface area contributed by atoms with Crippen LogP contribution >= 0.6 is 24.0 Å². The number of benzene rings is 1. The first-order valence-electron chi connectivity index (χ1n) is 10.7. The lowest BCUT2D eigenvalue weighted by Crippen LogP contribution is -2.40. The minimum atomic E-state index is -0.293. The van der Waals surface area contributed by atoms with Gasteiger partial charge in [-0.05, 0) is 82.7 Å². The number of hydrogen-bond donors (Lipinski definition) is 2. The predicted molar refractivity (Wildman–Crippen MR) is 128 cm³/mol. The first-order chi connectivity index (χ1) is 13.5. The second-order valence-electron chi connectivity index (χ2n) is 8.30. The highest BCUT2D eigenvalue weighted by Crippen LogP contribution is 2.30. The number of halogens is 2. The van der Waals surface area contributed by atoms with Crippen molar-refractivity contribution in [2.75, 3.05) is 39.8 Å². The Kier molecular flexibility index (Phi) is 9.95. The van der Waals surface area contributed by atoms with E-state index in [1.165, 1.54) is 32.2 Å². The highest BCUT2D eigenvalue weighted by Gasteiger charge is 2.22. The van der Waals surface area contributed by atoms with Gasteiger partial charge in [0.15, 0.2) is 17.5 Å². The van der Waals surface area contributed by atoms with Crippen molar-refractivity contribution in [1.29, 1.82) is 0 Å². The van der Waals surface area contributed by atoms with Gasteiger partial charge in [0.1, 0.15) is 0 Å². The molecule has 1 saturated carbocycles. The molecule has 2 aliphatic rings. The molecule has 0 bridgehead atoms. The van der Waals surface area contributed by atoms with Crippen molar-refractivity contribution in [3.05, 3.63) is 29.6 Å². The third kappa shape index (κ3) is 7.92. The minimum Gasteiger partial charge on any atom is -0.490 e. The Bertz CT molecular complexity index is 668. The normalized spacial score (nSPS) is 21.2. The second-order valence-corrected chi connectivity index (χ2v) is 8.30. The molecule has 0 amide bonds. The maximum absolute atomic E-state index is 14.4. The van der Waals surface area contributed by atoms with Gasteiger partial charge in [0.2, 0.25) is 0 Å². The third-order valence-corrected chi connectivity index (χ3v) is 5.55. The van der Waals surface area contributed by atoms with Crippen LogP contribution in [0.1, 0.15) is 51.1 Å². The molecular formula is C22H36FIN4O. The number of rotatable bonds is 8. The van der Waals surface area contributed by atoms with Gasteiger partial charge in [0.05, 0.1) is 12.6 Å². The fourth-order valence-corrected chi connectivity index (χ4v) is 3.65. The SMILES string of the molecule is CCNC(=NCC1CCCN(C)C1)NC(C)c1ccc(OCC2CC2)c(F)c1.I. The van der Waals surface area contributed by atoms with E-state index in [4.69, 9.17) is 9.73 Å². The van der Waals surface area contributed by atoms with Crippen molar-refractivity contribution < 1.29 is 9.13 Å². The molecule has 3 rings (SSSR count). The number of hydrogen-bond acceptors (Lipinski definition) is 3. The number of piperidine rings is 1. The Labute approximate surface area is 191 Å². The van der Waals surface area contributed by atoms with E-state index in [1.807, 2.05) is 13.0 Å². The van der Waals surface area contributed by atoms with Crippen LogP contribution in [0.5, 0.6) is 5.75 Å².